The first-order chi connectivity index (χ1) is 7.84. The van der Waals surface area contributed by atoms with Gasteiger partial charge in [0.15, 0.2) is 0 Å². The molecule has 3 rings (SSSR count). The molecule has 2 aromatic heterocycles. The summed E-state index contributed by atoms with van der Waals surface area (Å²) in [5.41, 5.74) is 7.89. The van der Waals surface area contributed by atoms with Gasteiger partial charge in [-0.25, -0.2) is 0 Å². The Balaban J connectivity index is 1.92. The molecule has 0 unspecified atom stereocenters. The highest BCUT2D eigenvalue weighted by atomic mass is 32.1. The van der Waals surface area contributed by atoms with Crippen LogP contribution in [-0.2, 0) is 6.42 Å². The van der Waals surface area contributed by atoms with Gasteiger partial charge in [0.05, 0.1) is 11.3 Å². The molecule has 84 valence electrons. The molecule has 3 nitrogen and oxygen atoms in total. The van der Waals surface area contributed by atoms with E-state index in [-0.39, 0.29) is 0 Å². The molecular formula is C12H14N2OS. The average molecular weight is 234 g/mol. The lowest BCUT2D eigenvalue weighted by Gasteiger charge is -2.24. The minimum Gasteiger partial charge on any atom is -0.367 e. The Bertz CT molecular complexity index is 471. The molecule has 0 radical (unpaired) electrons. The molecule has 0 amide bonds. The molecule has 16 heavy (non-hydrogen) atoms. The zero-order valence-corrected chi connectivity index (χ0v) is 9.80. The first-order valence-electron chi connectivity index (χ1n) is 5.62. The summed E-state index contributed by atoms with van der Waals surface area (Å²) >= 11 is 1.68. The number of aromatic nitrogens is 1. The summed E-state index contributed by atoms with van der Waals surface area (Å²) in [6, 6.07) is 4.09. The van der Waals surface area contributed by atoms with Crippen LogP contribution in [0.5, 0.6) is 0 Å². The molecule has 0 atom stereocenters. The Kier molecular flexibility index (Phi) is 2.44. The summed E-state index contributed by atoms with van der Waals surface area (Å²) in [5.74, 6) is 1.24. The van der Waals surface area contributed by atoms with Gasteiger partial charge in [-0.3, -0.25) is 0 Å². The van der Waals surface area contributed by atoms with Crippen LogP contribution in [0, 0.1) is 5.92 Å². The summed E-state index contributed by atoms with van der Waals surface area (Å²) in [7, 11) is 0. The van der Waals surface area contributed by atoms with Gasteiger partial charge in [0, 0.05) is 4.88 Å². The molecule has 0 spiro atoms. The molecule has 2 heterocycles. The van der Waals surface area contributed by atoms with E-state index < -0.39 is 0 Å². The van der Waals surface area contributed by atoms with Crippen molar-refractivity contribution in [2.45, 2.75) is 25.7 Å². The van der Waals surface area contributed by atoms with Gasteiger partial charge in [-0.1, -0.05) is 30.5 Å². The number of thiophene rings is 1. The lowest BCUT2D eigenvalue weighted by atomic mass is 9.81. The molecule has 0 saturated heterocycles. The Morgan fingerprint density at radius 2 is 2.38 bits per heavy atom. The van der Waals surface area contributed by atoms with Crippen LogP contribution in [0.25, 0.3) is 10.4 Å². The predicted molar refractivity (Wildman–Crippen MR) is 65.3 cm³/mol. The van der Waals surface area contributed by atoms with E-state index in [0.29, 0.717) is 5.88 Å². The Hall–Kier alpha value is -1.29. The minimum absolute atomic E-state index is 0.455. The van der Waals surface area contributed by atoms with Gasteiger partial charge in [0.1, 0.15) is 0 Å². The molecule has 0 aromatic carbocycles. The fourth-order valence-corrected chi connectivity index (χ4v) is 2.93. The lowest BCUT2D eigenvalue weighted by molar-refractivity contribution is 0.306. The molecule has 1 saturated carbocycles. The molecule has 1 aliphatic carbocycles. The largest absolute Gasteiger partial charge is 0.367 e. The SMILES string of the molecule is Nc1onc(CC2CCC2)c1-c1cccs1. The van der Waals surface area contributed by atoms with Crippen molar-refractivity contribution in [1.82, 2.24) is 5.16 Å². The third-order valence-corrected chi connectivity index (χ3v) is 4.15. The third-order valence-electron chi connectivity index (χ3n) is 3.26. The van der Waals surface area contributed by atoms with E-state index in [4.69, 9.17) is 10.3 Å². The number of anilines is 1. The molecule has 0 aliphatic heterocycles. The van der Waals surface area contributed by atoms with Gasteiger partial charge < -0.3 is 10.3 Å². The quantitative estimate of drug-likeness (QED) is 0.886. The molecule has 4 heteroatoms. The van der Waals surface area contributed by atoms with Gasteiger partial charge in [-0.05, 0) is 23.8 Å². The standard InChI is InChI=1S/C12H14N2OS/c13-12-11(10-5-2-6-16-10)9(14-15-12)7-8-3-1-4-8/h2,5-6,8H,1,3-4,7,13H2. The van der Waals surface area contributed by atoms with Gasteiger partial charge in [0.2, 0.25) is 5.88 Å². The molecule has 2 N–H and O–H groups in total. The van der Waals surface area contributed by atoms with Crippen molar-refractivity contribution < 1.29 is 4.52 Å². The summed E-state index contributed by atoms with van der Waals surface area (Å²) in [4.78, 5) is 1.16. The fraction of sp³-hybridized carbons (Fsp3) is 0.417. The number of nitrogens with two attached hydrogens (primary N) is 1. The zero-order chi connectivity index (χ0) is 11.0. The van der Waals surface area contributed by atoms with E-state index in [1.807, 2.05) is 6.07 Å². The average Bonchev–Trinajstić information content (AvgIpc) is 2.80. The summed E-state index contributed by atoms with van der Waals surface area (Å²) in [5, 5.41) is 6.15. The molecule has 1 aliphatic rings. The van der Waals surface area contributed by atoms with Crippen molar-refractivity contribution >= 4 is 17.2 Å². The summed E-state index contributed by atoms with van der Waals surface area (Å²) in [6.45, 7) is 0. The minimum atomic E-state index is 0.455. The zero-order valence-electron chi connectivity index (χ0n) is 8.98. The number of nitrogens with zero attached hydrogens (tertiary/aromatic N) is 1. The van der Waals surface area contributed by atoms with Crippen LogP contribution in [0.4, 0.5) is 5.88 Å². The second-order valence-electron chi connectivity index (χ2n) is 4.35. The number of rotatable bonds is 3. The second kappa shape index (κ2) is 3.94. The Labute approximate surface area is 98.3 Å². The fourth-order valence-electron chi connectivity index (χ4n) is 2.13. The van der Waals surface area contributed by atoms with Crippen molar-refractivity contribution in [2.75, 3.05) is 5.73 Å². The van der Waals surface area contributed by atoms with Gasteiger partial charge >= 0.3 is 0 Å². The first-order valence-corrected chi connectivity index (χ1v) is 6.50. The van der Waals surface area contributed by atoms with E-state index in [1.165, 1.54) is 19.3 Å². The predicted octanol–water partition coefficient (Wildman–Crippen LogP) is 3.33. The van der Waals surface area contributed by atoms with Crippen molar-refractivity contribution in [1.29, 1.82) is 0 Å². The normalized spacial score (nSPS) is 16.2. The smallest absolute Gasteiger partial charge is 0.231 e. The third kappa shape index (κ3) is 1.63. The van der Waals surface area contributed by atoms with Crippen LogP contribution in [0.3, 0.4) is 0 Å². The van der Waals surface area contributed by atoms with Gasteiger partial charge in [-0.15, -0.1) is 11.3 Å². The van der Waals surface area contributed by atoms with Crippen LogP contribution in [0.2, 0.25) is 0 Å². The monoisotopic (exact) mass is 234 g/mol. The number of nitrogen functional groups attached to an aromatic ring is 1. The number of hydrogen-bond donors (Lipinski definition) is 1. The number of hydrogen-bond acceptors (Lipinski definition) is 4. The van der Waals surface area contributed by atoms with E-state index in [9.17, 15) is 0 Å². The van der Waals surface area contributed by atoms with Crippen molar-refractivity contribution in [3.63, 3.8) is 0 Å². The second-order valence-corrected chi connectivity index (χ2v) is 5.29. The van der Waals surface area contributed by atoms with Crippen molar-refractivity contribution in [3.8, 4) is 10.4 Å². The van der Waals surface area contributed by atoms with Crippen LogP contribution in [-0.4, -0.2) is 5.16 Å². The lowest BCUT2D eigenvalue weighted by Crippen LogP contribution is -2.14. The van der Waals surface area contributed by atoms with Crippen molar-refractivity contribution in [2.24, 2.45) is 5.92 Å². The van der Waals surface area contributed by atoms with E-state index in [1.54, 1.807) is 11.3 Å². The molecule has 1 fully saturated rings. The van der Waals surface area contributed by atoms with E-state index >= 15 is 0 Å². The molecule has 0 bridgehead atoms. The van der Waals surface area contributed by atoms with Gasteiger partial charge in [-0.2, -0.15) is 0 Å². The Morgan fingerprint density at radius 1 is 1.50 bits per heavy atom. The van der Waals surface area contributed by atoms with E-state index in [0.717, 1.165) is 28.5 Å². The van der Waals surface area contributed by atoms with Crippen molar-refractivity contribution in [3.05, 3.63) is 23.2 Å². The highest BCUT2D eigenvalue weighted by Gasteiger charge is 2.23. The van der Waals surface area contributed by atoms with Gasteiger partial charge in [0.25, 0.3) is 0 Å². The maximum Gasteiger partial charge on any atom is 0.231 e. The summed E-state index contributed by atoms with van der Waals surface area (Å²) < 4.78 is 5.12. The van der Waals surface area contributed by atoms with Crippen LogP contribution in [0.1, 0.15) is 25.0 Å². The summed E-state index contributed by atoms with van der Waals surface area (Å²) in [6.07, 6.45) is 4.99. The topological polar surface area (TPSA) is 52.0 Å². The molecule has 2 aromatic rings. The highest BCUT2D eigenvalue weighted by Crippen LogP contribution is 2.37. The van der Waals surface area contributed by atoms with Crippen LogP contribution in [0.15, 0.2) is 22.0 Å². The van der Waals surface area contributed by atoms with Crippen LogP contribution < -0.4 is 5.73 Å². The maximum absolute atomic E-state index is 5.85. The Morgan fingerprint density at radius 3 is 3.00 bits per heavy atom. The van der Waals surface area contributed by atoms with E-state index in [2.05, 4.69) is 16.6 Å². The first kappa shape index (κ1) is 9.90. The maximum atomic E-state index is 5.85. The molecular weight excluding hydrogens is 220 g/mol. The highest BCUT2D eigenvalue weighted by molar-refractivity contribution is 7.13. The van der Waals surface area contributed by atoms with Crippen LogP contribution >= 0.6 is 11.3 Å².